The molecule has 0 unspecified atom stereocenters. The molecule has 0 atom stereocenters. The van der Waals surface area contributed by atoms with Gasteiger partial charge in [-0.3, -0.25) is 0 Å². The van der Waals surface area contributed by atoms with Gasteiger partial charge in [0.1, 0.15) is 6.17 Å². The monoisotopic (exact) mass is 148 g/mol. The zero-order valence-electron chi connectivity index (χ0n) is 5.52. The van der Waals surface area contributed by atoms with Crippen LogP contribution in [0.2, 0.25) is 0 Å². The highest BCUT2D eigenvalue weighted by Crippen LogP contribution is 2.26. The average Bonchev–Trinajstić information content (AvgIpc) is 1.90. The molecule has 0 heterocycles. The Kier molecular flexibility index (Phi) is 2.83. The van der Waals surface area contributed by atoms with Crippen LogP contribution in [0.5, 0.6) is 0 Å². The molecule has 0 spiro atoms. The highest BCUT2D eigenvalue weighted by molar-refractivity contribution is 7.80. The maximum Gasteiger partial charge on any atom is 0.100 e. The van der Waals surface area contributed by atoms with Gasteiger partial charge in [-0.05, 0) is 37.4 Å². The molecule has 0 saturated heterocycles. The Morgan fingerprint density at radius 3 is 2.22 bits per heavy atom. The molecule has 2 heteroatoms. The molecule has 1 fully saturated rings. The first-order valence-electron chi connectivity index (χ1n) is 3.58. The molecule has 9 heavy (non-hydrogen) atoms. The molecule has 0 amide bonds. The first-order valence-corrected chi connectivity index (χ1v) is 4.21. The Labute approximate surface area is 61.2 Å². The van der Waals surface area contributed by atoms with E-state index in [4.69, 9.17) is 0 Å². The van der Waals surface area contributed by atoms with Gasteiger partial charge in [0.15, 0.2) is 0 Å². The first-order chi connectivity index (χ1) is 4.33. The molecule has 0 radical (unpaired) electrons. The molecule has 0 aromatic rings. The van der Waals surface area contributed by atoms with E-state index < -0.39 is 6.17 Å². The van der Waals surface area contributed by atoms with Gasteiger partial charge in [0.2, 0.25) is 0 Å². The number of hydrogen-bond acceptors (Lipinski definition) is 1. The fourth-order valence-electron chi connectivity index (χ4n) is 1.30. The van der Waals surface area contributed by atoms with Gasteiger partial charge in [0.25, 0.3) is 0 Å². The molecule has 1 saturated carbocycles. The van der Waals surface area contributed by atoms with Crippen LogP contribution in [0, 0.1) is 5.92 Å². The highest BCUT2D eigenvalue weighted by atomic mass is 32.1. The maximum atomic E-state index is 12.5. The zero-order valence-corrected chi connectivity index (χ0v) is 6.41. The van der Waals surface area contributed by atoms with E-state index in [2.05, 4.69) is 12.6 Å². The summed E-state index contributed by atoms with van der Waals surface area (Å²) in [5, 5.41) is 0. The van der Waals surface area contributed by atoms with Crippen LogP contribution >= 0.6 is 12.6 Å². The zero-order chi connectivity index (χ0) is 6.69. The standard InChI is InChI=1S/C7H13FS/c8-7-3-1-6(5-9)2-4-7/h6-7,9H,1-5H2. The quantitative estimate of drug-likeness (QED) is 0.542. The predicted octanol–water partition coefficient (Wildman–Crippen LogP) is 2.44. The van der Waals surface area contributed by atoms with E-state index in [1.165, 1.54) is 0 Å². The maximum absolute atomic E-state index is 12.5. The topological polar surface area (TPSA) is 0 Å². The molecule has 1 rings (SSSR count). The van der Waals surface area contributed by atoms with Crippen molar-refractivity contribution in [1.82, 2.24) is 0 Å². The predicted molar refractivity (Wildman–Crippen MR) is 40.7 cm³/mol. The van der Waals surface area contributed by atoms with Crippen molar-refractivity contribution in [1.29, 1.82) is 0 Å². The van der Waals surface area contributed by atoms with Gasteiger partial charge < -0.3 is 0 Å². The first kappa shape index (κ1) is 7.39. The molecular weight excluding hydrogens is 135 g/mol. The second-order valence-corrected chi connectivity index (χ2v) is 3.17. The van der Waals surface area contributed by atoms with Crippen molar-refractivity contribution in [3.05, 3.63) is 0 Å². The second-order valence-electron chi connectivity index (χ2n) is 2.80. The van der Waals surface area contributed by atoms with Gasteiger partial charge in [-0.1, -0.05) is 0 Å². The Hall–Kier alpha value is 0.280. The lowest BCUT2D eigenvalue weighted by Crippen LogP contribution is -2.15. The molecular formula is C7H13FS. The summed E-state index contributed by atoms with van der Waals surface area (Å²) in [5.74, 6) is 1.63. The molecule has 0 N–H and O–H groups in total. The summed E-state index contributed by atoms with van der Waals surface area (Å²) < 4.78 is 12.5. The van der Waals surface area contributed by atoms with Gasteiger partial charge in [0, 0.05) is 0 Å². The molecule has 54 valence electrons. The molecule has 0 nitrogen and oxygen atoms in total. The lowest BCUT2D eigenvalue weighted by atomic mass is 9.90. The third kappa shape index (κ3) is 2.17. The number of thiol groups is 1. The fraction of sp³-hybridized carbons (Fsp3) is 1.00. The van der Waals surface area contributed by atoms with Crippen LogP contribution in [0.4, 0.5) is 4.39 Å². The Bertz CT molecular complexity index is 77.0. The minimum Gasteiger partial charge on any atom is -0.247 e. The minimum absolute atomic E-state index is 0.513. The SMILES string of the molecule is FC1CCC(CS)CC1. The minimum atomic E-state index is -0.513. The van der Waals surface area contributed by atoms with Crippen molar-refractivity contribution >= 4 is 12.6 Å². The van der Waals surface area contributed by atoms with Crippen LogP contribution in [0.25, 0.3) is 0 Å². The summed E-state index contributed by atoms with van der Waals surface area (Å²) in [6.07, 6.45) is 3.12. The summed E-state index contributed by atoms with van der Waals surface area (Å²) in [5.41, 5.74) is 0. The van der Waals surface area contributed by atoms with Gasteiger partial charge in [0.05, 0.1) is 0 Å². The van der Waals surface area contributed by atoms with Crippen LogP contribution in [0.1, 0.15) is 25.7 Å². The van der Waals surface area contributed by atoms with E-state index in [1.54, 1.807) is 0 Å². The van der Waals surface area contributed by atoms with Gasteiger partial charge in [-0.2, -0.15) is 12.6 Å². The third-order valence-electron chi connectivity index (χ3n) is 2.03. The van der Waals surface area contributed by atoms with Crippen molar-refractivity contribution in [2.75, 3.05) is 5.75 Å². The fourth-order valence-corrected chi connectivity index (χ4v) is 1.67. The second kappa shape index (κ2) is 3.45. The van der Waals surface area contributed by atoms with Crippen molar-refractivity contribution < 1.29 is 4.39 Å². The lowest BCUT2D eigenvalue weighted by Gasteiger charge is -2.21. The lowest BCUT2D eigenvalue weighted by molar-refractivity contribution is 0.218. The Morgan fingerprint density at radius 2 is 1.78 bits per heavy atom. The van der Waals surface area contributed by atoms with Crippen molar-refractivity contribution in [3.8, 4) is 0 Å². The molecule has 0 bridgehead atoms. The number of rotatable bonds is 1. The molecule has 1 aliphatic rings. The van der Waals surface area contributed by atoms with Gasteiger partial charge in [-0.15, -0.1) is 0 Å². The van der Waals surface area contributed by atoms with E-state index >= 15 is 0 Å². The van der Waals surface area contributed by atoms with E-state index in [-0.39, 0.29) is 0 Å². The summed E-state index contributed by atoms with van der Waals surface area (Å²) in [4.78, 5) is 0. The summed E-state index contributed by atoms with van der Waals surface area (Å²) in [6.45, 7) is 0. The number of alkyl halides is 1. The smallest absolute Gasteiger partial charge is 0.100 e. The largest absolute Gasteiger partial charge is 0.247 e. The Morgan fingerprint density at radius 1 is 1.22 bits per heavy atom. The summed E-state index contributed by atoms with van der Waals surface area (Å²) in [6, 6.07) is 0. The highest BCUT2D eigenvalue weighted by Gasteiger charge is 2.18. The van der Waals surface area contributed by atoms with Crippen molar-refractivity contribution in [2.45, 2.75) is 31.9 Å². The van der Waals surface area contributed by atoms with Crippen molar-refractivity contribution in [2.24, 2.45) is 5.92 Å². The summed E-state index contributed by atoms with van der Waals surface area (Å²) in [7, 11) is 0. The third-order valence-corrected chi connectivity index (χ3v) is 2.55. The average molecular weight is 148 g/mol. The molecule has 0 aliphatic heterocycles. The number of hydrogen-bond donors (Lipinski definition) is 1. The van der Waals surface area contributed by atoms with Crippen LogP contribution < -0.4 is 0 Å². The van der Waals surface area contributed by atoms with Crippen molar-refractivity contribution in [3.63, 3.8) is 0 Å². The van der Waals surface area contributed by atoms with Crippen LogP contribution in [-0.4, -0.2) is 11.9 Å². The van der Waals surface area contributed by atoms with E-state index in [0.717, 1.165) is 31.4 Å². The summed E-state index contributed by atoms with van der Waals surface area (Å²) >= 11 is 4.17. The van der Waals surface area contributed by atoms with E-state index in [1.807, 2.05) is 0 Å². The molecule has 1 aliphatic carbocycles. The Balaban J connectivity index is 2.18. The van der Waals surface area contributed by atoms with E-state index in [0.29, 0.717) is 5.92 Å². The van der Waals surface area contributed by atoms with Crippen LogP contribution in [-0.2, 0) is 0 Å². The van der Waals surface area contributed by atoms with Gasteiger partial charge in [-0.25, -0.2) is 4.39 Å². The molecule has 0 aromatic carbocycles. The normalized spacial score (nSPS) is 36.7. The molecule has 0 aromatic heterocycles. The number of halogens is 1. The van der Waals surface area contributed by atoms with Crippen LogP contribution in [0.3, 0.4) is 0 Å². The van der Waals surface area contributed by atoms with E-state index in [9.17, 15) is 4.39 Å². The van der Waals surface area contributed by atoms with Gasteiger partial charge >= 0.3 is 0 Å². The van der Waals surface area contributed by atoms with Crippen LogP contribution in [0.15, 0.2) is 0 Å².